The van der Waals surface area contributed by atoms with Crippen molar-refractivity contribution in [1.29, 1.82) is 0 Å². The number of carbonyl (C=O) groups is 2. The first-order valence-corrected chi connectivity index (χ1v) is 10.1. The summed E-state index contributed by atoms with van der Waals surface area (Å²) < 4.78 is 27.4. The van der Waals surface area contributed by atoms with Crippen LogP contribution in [0.1, 0.15) is 30.4 Å². The minimum atomic E-state index is -1.90. The number of anilines is 1. The molecule has 1 aliphatic heterocycles. The van der Waals surface area contributed by atoms with E-state index in [2.05, 4.69) is 26.2 Å². The number of halogens is 1. The number of amides is 1. The Morgan fingerprint density at radius 2 is 2.06 bits per heavy atom. The third-order valence-electron chi connectivity index (χ3n) is 5.04. The standard InChI is InChI=1S/C23H20FN5O4/c1-4-23(11-32-22(31)15-8-6-5-7-9-15)16(24)10-17(33-23)29-13-27-18-19(25-12-26-20(18)29)28-21(30)14(2)3/h1,5-10,12-14,17H,11H2,2-3H3,(H,25,26,28,30)/t17-,23+/m0/s1. The van der Waals surface area contributed by atoms with Crippen LogP contribution in [0.2, 0.25) is 0 Å². The lowest BCUT2D eigenvalue weighted by molar-refractivity contribution is -0.118. The number of esters is 1. The quantitative estimate of drug-likeness (QED) is 0.455. The van der Waals surface area contributed by atoms with Gasteiger partial charge in [-0.25, -0.2) is 24.1 Å². The number of hydrogen-bond acceptors (Lipinski definition) is 7. The second kappa shape index (κ2) is 8.80. The van der Waals surface area contributed by atoms with E-state index in [1.165, 1.54) is 17.2 Å². The van der Waals surface area contributed by atoms with Crippen LogP contribution in [0.5, 0.6) is 0 Å². The molecule has 3 heterocycles. The van der Waals surface area contributed by atoms with Crippen molar-refractivity contribution in [3.63, 3.8) is 0 Å². The number of rotatable bonds is 6. The molecule has 1 N–H and O–H groups in total. The Bertz CT molecular complexity index is 1280. The fourth-order valence-electron chi connectivity index (χ4n) is 3.16. The van der Waals surface area contributed by atoms with E-state index in [4.69, 9.17) is 15.9 Å². The Hall–Kier alpha value is -4.10. The van der Waals surface area contributed by atoms with Crippen LogP contribution >= 0.6 is 0 Å². The molecule has 3 aromatic rings. The lowest BCUT2D eigenvalue weighted by Crippen LogP contribution is -2.36. The van der Waals surface area contributed by atoms with Crippen LogP contribution in [0.3, 0.4) is 0 Å². The summed E-state index contributed by atoms with van der Waals surface area (Å²) in [5.41, 5.74) is -0.991. The van der Waals surface area contributed by atoms with Crippen molar-refractivity contribution >= 4 is 28.9 Å². The van der Waals surface area contributed by atoms with Crippen molar-refractivity contribution in [3.05, 3.63) is 60.5 Å². The minimum Gasteiger partial charge on any atom is -0.457 e. The highest BCUT2D eigenvalue weighted by atomic mass is 19.1. The van der Waals surface area contributed by atoms with Crippen molar-refractivity contribution < 1.29 is 23.5 Å². The van der Waals surface area contributed by atoms with Crippen LogP contribution in [-0.2, 0) is 14.3 Å². The zero-order valence-corrected chi connectivity index (χ0v) is 17.9. The first-order valence-electron chi connectivity index (χ1n) is 10.1. The second-order valence-electron chi connectivity index (χ2n) is 7.63. The maximum absolute atomic E-state index is 15.0. The predicted molar refractivity (Wildman–Crippen MR) is 116 cm³/mol. The number of hydrogen-bond donors (Lipinski definition) is 1. The highest BCUT2D eigenvalue weighted by Crippen LogP contribution is 2.38. The summed E-state index contributed by atoms with van der Waals surface area (Å²) in [5.74, 6) is 0.547. The molecule has 168 valence electrons. The second-order valence-corrected chi connectivity index (χ2v) is 7.63. The summed E-state index contributed by atoms with van der Waals surface area (Å²) in [7, 11) is 0. The molecule has 0 radical (unpaired) electrons. The average molecular weight is 449 g/mol. The molecule has 1 aromatic carbocycles. The van der Waals surface area contributed by atoms with Crippen LogP contribution in [0.4, 0.5) is 10.2 Å². The topological polar surface area (TPSA) is 108 Å². The van der Waals surface area contributed by atoms with Gasteiger partial charge in [0.25, 0.3) is 0 Å². The van der Waals surface area contributed by atoms with E-state index in [1.54, 1.807) is 44.2 Å². The van der Waals surface area contributed by atoms with Gasteiger partial charge in [0.1, 0.15) is 18.8 Å². The van der Waals surface area contributed by atoms with Gasteiger partial charge in [0.2, 0.25) is 11.5 Å². The first-order chi connectivity index (χ1) is 15.8. The molecule has 1 amide bonds. The van der Waals surface area contributed by atoms with E-state index in [9.17, 15) is 14.0 Å². The molecule has 0 spiro atoms. The van der Waals surface area contributed by atoms with Gasteiger partial charge < -0.3 is 14.8 Å². The van der Waals surface area contributed by atoms with Gasteiger partial charge >= 0.3 is 5.97 Å². The zero-order valence-electron chi connectivity index (χ0n) is 17.9. The maximum atomic E-state index is 15.0. The SMILES string of the molecule is C#C[C@]1(COC(=O)c2ccccc2)O[C@H](n2cnc3c(NC(=O)C(C)C)ncnc32)C=C1F. The highest BCUT2D eigenvalue weighted by Gasteiger charge is 2.45. The van der Waals surface area contributed by atoms with Gasteiger partial charge in [-0.05, 0) is 12.1 Å². The molecule has 0 saturated carbocycles. The molecule has 0 unspecified atom stereocenters. The monoisotopic (exact) mass is 449 g/mol. The summed E-state index contributed by atoms with van der Waals surface area (Å²) in [6.45, 7) is 2.97. The molecular formula is C23H20FN5O4. The lowest BCUT2D eigenvalue weighted by atomic mass is 10.1. The number of aromatic nitrogens is 4. The van der Waals surface area contributed by atoms with E-state index >= 15 is 0 Å². The van der Waals surface area contributed by atoms with Gasteiger partial charge in [0.15, 0.2) is 23.2 Å². The summed E-state index contributed by atoms with van der Waals surface area (Å²) in [5, 5.41) is 2.69. The fraction of sp³-hybridized carbons (Fsp3) is 0.261. The predicted octanol–water partition coefficient (Wildman–Crippen LogP) is 3.03. The summed E-state index contributed by atoms with van der Waals surface area (Å²) >= 11 is 0. The van der Waals surface area contributed by atoms with Crippen molar-refractivity contribution in [2.24, 2.45) is 5.92 Å². The molecule has 10 heteroatoms. The van der Waals surface area contributed by atoms with Gasteiger partial charge in [0, 0.05) is 12.0 Å². The summed E-state index contributed by atoms with van der Waals surface area (Å²) in [6, 6.07) is 8.26. The van der Waals surface area contributed by atoms with Gasteiger partial charge in [0.05, 0.1) is 11.9 Å². The van der Waals surface area contributed by atoms with E-state index < -0.39 is 30.2 Å². The van der Waals surface area contributed by atoms with Crippen LogP contribution in [0.15, 0.2) is 54.9 Å². The number of nitrogens with zero attached hydrogens (tertiary/aromatic N) is 4. The van der Waals surface area contributed by atoms with Crippen molar-refractivity contribution in [2.45, 2.75) is 25.7 Å². The molecule has 0 saturated heterocycles. The summed E-state index contributed by atoms with van der Waals surface area (Å²) in [4.78, 5) is 36.8. The van der Waals surface area contributed by atoms with Gasteiger partial charge in [-0.2, -0.15) is 0 Å². The molecule has 2 atom stereocenters. The van der Waals surface area contributed by atoms with E-state index in [1.807, 2.05) is 0 Å². The third kappa shape index (κ3) is 4.18. The van der Waals surface area contributed by atoms with E-state index in [0.717, 1.165) is 6.08 Å². The number of fused-ring (bicyclic) bond motifs is 1. The minimum absolute atomic E-state index is 0.222. The zero-order chi connectivity index (χ0) is 23.6. The van der Waals surface area contributed by atoms with Gasteiger partial charge in [-0.1, -0.05) is 38.0 Å². The Morgan fingerprint density at radius 1 is 1.30 bits per heavy atom. The number of imidazole rings is 1. The van der Waals surface area contributed by atoms with Crippen molar-refractivity contribution in [2.75, 3.05) is 11.9 Å². The van der Waals surface area contributed by atoms with Crippen LogP contribution in [0, 0.1) is 18.3 Å². The largest absolute Gasteiger partial charge is 0.457 e. The number of terminal acetylenes is 1. The number of carbonyl (C=O) groups excluding carboxylic acids is 2. The normalized spacial score (nSPS) is 19.8. The molecule has 0 aliphatic carbocycles. The van der Waals surface area contributed by atoms with Crippen molar-refractivity contribution in [3.8, 4) is 12.3 Å². The molecular weight excluding hydrogens is 429 g/mol. The molecule has 0 fully saturated rings. The lowest BCUT2D eigenvalue weighted by Gasteiger charge is -2.24. The Morgan fingerprint density at radius 3 is 2.76 bits per heavy atom. The Kier molecular flexibility index (Phi) is 5.89. The molecule has 4 rings (SSSR count). The number of ether oxygens (including phenoxy) is 2. The molecule has 1 aliphatic rings. The maximum Gasteiger partial charge on any atom is 0.338 e. The van der Waals surface area contributed by atoms with Gasteiger partial charge in [-0.3, -0.25) is 9.36 Å². The average Bonchev–Trinajstić information content (AvgIpc) is 3.40. The fourth-order valence-corrected chi connectivity index (χ4v) is 3.16. The van der Waals surface area contributed by atoms with E-state index in [-0.39, 0.29) is 17.6 Å². The van der Waals surface area contributed by atoms with Crippen molar-refractivity contribution in [1.82, 2.24) is 19.5 Å². The molecule has 9 nitrogen and oxygen atoms in total. The Labute approximate surface area is 188 Å². The van der Waals surface area contributed by atoms with Gasteiger partial charge in [-0.15, -0.1) is 6.42 Å². The summed E-state index contributed by atoms with van der Waals surface area (Å²) in [6.07, 6.45) is 8.35. The van der Waals surface area contributed by atoms with Crippen LogP contribution < -0.4 is 5.32 Å². The number of benzene rings is 1. The van der Waals surface area contributed by atoms with E-state index in [0.29, 0.717) is 16.7 Å². The van der Waals surface area contributed by atoms with Crippen LogP contribution in [0.25, 0.3) is 11.2 Å². The highest BCUT2D eigenvalue weighted by molar-refractivity contribution is 5.97. The Balaban J connectivity index is 1.56. The molecule has 2 aromatic heterocycles. The molecule has 0 bridgehead atoms. The number of nitrogens with one attached hydrogen (secondary N) is 1. The third-order valence-corrected chi connectivity index (χ3v) is 5.04. The first kappa shape index (κ1) is 22.1. The van der Waals surface area contributed by atoms with Crippen LogP contribution in [-0.4, -0.2) is 43.6 Å². The molecule has 33 heavy (non-hydrogen) atoms. The smallest absolute Gasteiger partial charge is 0.338 e.